The highest BCUT2D eigenvalue weighted by Gasteiger charge is 1.98. The molecule has 0 aliphatic carbocycles. The van der Waals surface area contributed by atoms with Crippen LogP contribution in [0.1, 0.15) is 22.3 Å². The van der Waals surface area contributed by atoms with E-state index in [2.05, 4.69) is 23.3 Å². The third-order valence-electron chi connectivity index (χ3n) is 2.86. The van der Waals surface area contributed by atoms with Crippen LogP contribution in [0.2, 0.25) is 0 Å². The first-order chi connectivity index (χ1) is 8.79. The van der Waals surface area contributed by atoms with Gasteiger partial charge in [0.05, 0.1) is 11.6 Å². The van der Waals surface area contributed by atoms with Crippen molar-refractivity contribution >= 4 is 0 Å². The lowest BCUT2D eigenvalue weighted by Gasteiger charge is -2.07. The quantitative estimate of drug-likeness (QED) is 0.889. The highest BCUT2D eigenvalue weighted by molar-refractivity contribution is 5.31. The van der Waals surface area contributed by atoms with Gasteiger partial charge in [-0.25, -0.2) is 0 Å². The maximum absolute atomic E-state index is 8.71. The summed E-state index contributed by atoms with van der Waals surface area (Å²) in [6.07, 6.45) is 3.68. The number of pyridine rings is 1. The van der Waals surface area contributed by atoms with E-state index in [1.165, 1.54) is 16.7 Å². The van der Waals surface area contributed by atoms with Crippen molar-refractivity contribution in [3.63, 3.8) is 0 Å². The van der Waals surface area contributed by atoms with E-state index in [9.17, 15) is 0 Å². The topological polar surface area (TPSA) is 48.7 Å². The number of benzene rings is 1. The molecule has 18 heavy (non-hydrogen) atoms. The smallest absolute Gasteiger partial charge is 0.0991 e. The third kappa shape index (κ3) is 3.16. The lowest BCUT2D eigenvalue weighted by Crippen LogP contribution is -2.13. The van der Waals surface area contributed by atoms with Gasteiger partial charge in [0.15, 0.2) is 0 Å². The summed E-state index contributed by atoms with van der Waals surface area (Å²) in [5, 5.41) is 12.1. The van der Waals surface area contributed by atoms with Gasteiger partial charge in [-0.2, -0.15) is 5.26 Å². The van der Waals surface area contributed by atoms with Crippen LogP contribution in [0.15, 0.2) is 42.7 Å². The van der Waals surface area contributed by atoms with E-state index in [1.807, 2.05) is 42.7 Å². The number of nitriles is 1. The number of hydrogen-bond acceptors (Lipinski definition) is 3. The maximum Gasteiger partial charge on any atom is 0.0991 e. The zero-order chi connectivity index (χ0) is 12.8. The molecule has 1 N–H and O–H groups in total. The molecule has 0 saturated carbocycles. The number of aryl methyl sites for hydroxylation is 1. The Kier molecular flexibility index (Phi) is 4.06. The second-order valence-electron chi connectivity index (χ2n) is 4.21. The maximum atomic E-state index is 8.71. The summed E-state index contributed by atoms with van der Waals surface area (Å²) in [5.41, 5.74) is 4.34. The van der Waals surface area contributed by atoms with E-state index < -0.39 is 0 Å². The number of nitrogens with zero attached hydrogens (tertiary/aromatic N) is 2. The molecule has 0 atom stereocenters. The van der Waals surface area contributed by atoms with Gasteiger partial charge in [0, 0.05) is 25.5 Å². The molecule has 0 amide bonds. The fourth-order valence-corrected chi connectivity index (χ4v) is 1.74. The van der Waals surface area contributed by atoms with Crippen LogP contribution in [0.3, 0.4) is 0 Å². The van der Waals surface area contributed by atoms with Crippen molar-refractivity contribution in [2.45, 2.75) is 20.0 Å². The molecule has 1 aromatic carbocycles. The largest absolute Gasteiger partial charge is 0.309 e. The van der Waals surface area contributed by atoms with Gasteiger partial charge in [0.25, 0.3) is 0 Å². The predicted octanol–water partition coefficient (Wildman–Crippen LogP) is 2.55. The Labute approximate surface area is 107 Å². The first kappa shape index (κ1) is 12.3. The number of aromatic nitrogens is 1. The number of nitrogens with one attached hydrogen (secondary N) is 1. The minimum atomic E-state index is 0.698. The van der Waals surface area contributed by atoms with E-state index in [1.54, 1.807) is 0 Å². The first-order valence-corrected chi connectivity index (χ1v) is 5.89. The van der Waals surface area contributed by atoms with Gasteiger partial charge in [-0.3, -0.25) is 4.98 Å². The summed E-state index contributed by atoms with van der Waals surface area (Å²) >= 11 is 0. The summed E-state index contributed by atoms with van der Waals surface area (Å²) in [5.74, 6) is 0. The van der Waals surface area contributed by atoms with Crippen LogP contribution >= 0.6 is 0 Å². The van der Waals surface area contributed by atoms with Crippen LogP contribution in [0.5, 0.6) is 0 Å². The SMILES string of the molecule is Cc1cnccc1CNCc1ccc(C#N)cc1. The van der Waals surface area contributed by atoms with E-state index >= 15 is 0 Å². The van der Waals surface area contributed by atoms with Crippen LogP contribution in [0.4, 0.5) is 0 Å². The Morgan fingerprint density at radius 3 is 2.61 bits per heavy atom. The van der Waals surface area contributed by atoms with Crippen LogP contribution in [-0.4, -0.2) is 4.98 Å². The van der Waals surface area contributed by atoms with Crippen LogP contribution in [0, 0.1) is 18.3 Å². The lowest BCUT2D eigenvalue weighted by atomic mass is 10.1. The fraction of sp³-hybridized carbons (Fsp3) is 0.200. The summed E-state index contributed by atoms with van der Waals surface area (Å²) in [4.78, 5) is 4.07. The molecule has 0 unspecified atom stereocenters. The second-order valence-corrected chi connectivity index (χ2v) is 4.21. The molecule has 0 radical (unpaired) electrons. The van der Waals surface area contributed by atoms with Crippen molar-refractivity contribution in [3.8, 4) is 6.07 Å². The average Bonchev–Trinajstić information content (AvgIpc) is 2.42. The van der Waals surface area contributed by atoms with Crippen molar-refractivity contribution < 1.29 is 0 Å². The third-order valence-corrected chi connectivity index (χ3v) is 2.86. The summed E-state index contributed by atoms with van der Waals surface area (Å²) in [6.45, 7) is 3.69. The van der Waals surface area contributed by atoms with Gasteiger partial charge in [-0.15, -0.1) is 0 Å². The minimum Gasteiger partial charge on any atom is -0.309 e. The van der Waals surface area contributed by atoms with Crippen LogP contribution < -0.4 is 5.32 Å². The van der Waals surface area contributed by atoms with Gasteiger partial charge in [-0.05, 0) is 41.8 Å². The highest BCUT2D eigenvalue weighted by Crippen LogP contribution is 2.06. The molecular formula is C15H15N3. The summed E-state index contributed by atoms with van der Waals surface area (Å²) < 4.78 is 0. The van der Waals surface area contributed by atoms with Gasteiger partial charge < -0.3 is 5.32 Å². The minimum absolute atomic E-state index is 0.698. The van der Waals surface area contributed by atoms with Gasteiger partial charge >= 0.3 is 0 Å². The number of hydrogen-bond donors (Lipinski definition) is 1. The summed E-state index contributed by atoms with van der Waals surface area (Å²) in [7, 11) is 0. The van der Waals surface area contributed by atoms with Crippen molar-refractivity contribution in [3.05, 3.63) is 65.0 Å². The molecular weight excluding hydrogens is 222 g/mol. The number of rotatable bonds is 4. The van der Waals surface area contributed by atoms with Crippen molar-refractivity contribution in [1.82, 2.24) is 10.3 Å². The molecule has 90 valence electrons. The lowest BCUT2D eigenvalue weighted by molar-refractivity contribution is 0.689. The van der Waals surface area contributed by atoms with E-state index in [4.69, 9.17) is 5.26 Å². The highest BCUT2D eigenvalue weighted by atomic mass is 14.8. The molecule has 3 heteroatoms. The molecule has 0 saturated heterocycles. The van der Waals surface area contributed by atoms with Gasteiger partial charge in [0.1, 0.15) is 0 Å². The normalized spacial score (nSPS) is 10.0. The molecule has 2 rings (SSSR count). The first-order valence-electron chi connectivity index (χ1n) is 5.89. The second kappa shape index (κ2) is 5.95. The van der Waals surface area contributed by atoms with Gasteiger partial charge in [0.2, 0.25) is 0 Å². The Bertz CT molecular complexity index is 553. The molecule has 0 spiro atoms. The molecule has 0 fully saturated rings. The Balaban J connectivity index is 1.89. The molecule has 1 heterocycles. The van der Waals surface area contributed by atoms with E-state index in [0.29, 0.717) is 5.56 Å². The molecule has 0 bridgehead atoms. The van der Waals surface area contributed by atoms with Crippen molar-refractivity contribution in [2.24, 2.45) is 0 Å². The molecule has 1 aromatic heterocycles. The molecule has 0 aliphatic heterocycles. The van der Waals surface area contributed by atoms with Gasteiger partial charge in [-0.1, -0.05) is 12.1 Å². The fourth-order valence-electron chi connectivity index (χ4n) is 1.74. The van der Waals surface area contributed by atoms with E-state index in [0.717, 1.165) is 13.1 Å². The zero-order valence-electron chi connectivity index (χ0n) is 10.4. The Morgan fingerprint density at radius 1 is 1.17 bits per heavy atom. The molecule has 0 aliphatic rings. The van der Waals surface area contributed by atoms with Crippen LogP contribution in [-0.2, 0) is 13.1 Å². The van der Waals surface area contributed by atoms with Crippen LogP contribution in [0.25, 0.3) is 0 Å². The molecule has 2 aromatic rings. The summed E-state index contributed by atoms with van der Waals surface area (Å²) in [6, 6.07) is 11.8. The van der Waals surface area contributed by atoms with Crippen molar-refractivity contribution in [2.75, 3.05) is 0 Å². The van der Waals surface area contributed by atoms with Crippen molar-refractivity contribution in [1.29, 1.82) is 5.26 Å². The van der Waals surface area contributed by atoms with E-state index in [-0.39, 0.29) is 0 Å². The standard InChI is InChI=1S/C15H15N3/c1-12-9-17-7-6-15(12)11-18-10-14-4-2-13(8-16)3-5-14/h2-7,9,18H,10-11H2,1H3. The zero-order valence-corrected chi connectivity index (χ0v) is 10.4. The predicted molar refractivity (Wildman–Crippen MR) is 70.7 cm³/mol. The Hall–Kier alpha value is -2.18. The average molecular weight is 237 g/mol. The Morgan fingerprint density at radius 2 is 1.94 bits per heavy atom. The monoisotopic (exact) mass is 237 g/mol. The molecule has 3 nitrogen and oxygen atoms in total.